The molecule has 1 amide bonds. The molecule has 0 saturated carbocycles. The van der Waals surface area contributed by atoms with Crippen molar-refractivity contribution in [1.29, 1.82) is 0 Å². The number of aliphatic hydroxyl groups is 1. The molecule has 2 aromatic rings. The molecule has 1 saturated heterocycles. The summed E-state index contributed by atoms with van der Waals surface area (Å²) in [6.45, 7) is 5.23. The maximum atomic E-state index is 13.0. The van der Waals surface area contributed by atoms with E-state index < -0.39 is 17.7 Å². The second kappa shape index (κ2) is 9.54. The summed E-state index contributed by atoms with van der Waals surface area (Å²) in [4.78, 5) is 29.3. The molecule has 3 rings (SSSR count). The Bertz CT molecular complexity index is 1010. The van der Waals surface area contributed by atoms with E-state index in [4.69, 9.17) is 16.3 Å². The highest BCUT2D eigenvalue weighted by atomic mass is 35.5. The Hall–Kier alpha value is -2.83. The van der Waals surface area contributed by atoms with Crippen LogP contribution in [0.5, 0.6) is 5.75 Å². The number of hydrogen-bond acceptors (Lipinski definition) is 5. The molecule has 0 bridgehead atoms. The third-order valence-corrected chi connectivity index (χ3v) is 5.51. The van der Waals surface area contributed by atoms with E-state index in [1.54, 1.807) is 42.5 Å². The van der Waals surface area contributed by atoms with Gasteiger partial charge in [0.2, 0.25) is 0 Å². The highest BCUT2D eigenvalue weighted by Gasteiger charge is 2.45. The molecule has 1 fully saturated rings. The molecular weight excluding hydrogens is 416 g/mol. The topological polar surface area (TPSA) is 70.1 Å². The van der Waals surface area contributed by atoms with Crippen LogP contribution in [0, 0.1) is 6.92 Å². The number of carbonyl (C=O) groups is 2. The van der Waals surface area contributed by atoms with Crippen LogP contribution in [-0.4, -0.2) is 60.4 Å². The predicted molar refractivity (Wildman–Crippen MR) is 121 cm³/mol. The van der Waals surface area contributed by atoms with Crippen LogP contribution in [0.15, 0.2) is 48.0 Å². The lowest BCUT2D eigenvalue weighted by molar-refractivity contribution is -0.140. The van der Waals surface area contributed by atoms with Gasteiger partial charge in [0.1, 0.15) is 11.5 Å². The molecule has 6 nitrogen and oxygen atoms in total. The van der Waals surface area contributed by atoms with Crippen LogP contribution in [0.1, 0.15) is 29.7 Å². The van der Waals surface area contributed by atoms with Crippen LogP contribution < -0.4 is 4.74 Å². The molecule has 164 valence electrons. The van der Waals surface area contributed by atoms with E-state index in [0.717, 1.165) is 5.56 Å². The zero-order valence-electron chi connectivity index (χ0n) is 18.2. The second-order valence-electron chi connectivity index (χ2n) is 7.76. The average Bonchev–Trinajstić information content (AvgIpc) is 2.98. The number of aliphatic hydroxyl groups excluding tert-OH is 1. The maximum Gasteiger partial charge on any atom is 0.295 e. The molecule has 1 atom stereocenters. The summed E-state index contributed by atoms with van der Waals surface area (Å²) < 4.78 is 5.56. The Morgan fingerprint density at radius 1 is 1.16 bits per heavy atom. The summed E-state index contributed by atoms with van der Waals surface area (Å²) in [5, 5.41) is 11.7. The van der Waals surface area contributed by atoms with Crippen molar-refractivity contribution in [3.63, 3.8) is 0 Å². The quantitative estimate of drug-likeness (QED) is 0.398. The van der Waals surface area contributed by atoms with Gasteiger partial charge in [-0.3, -0.25) is 9.59 Å². The van der Waals surface area contributed by atoms with Crippen molar-refractivity contribution >= 4 is 29.1 Å². The summed E-state index contributed by atoms with van der Waals surface area (Å²) in [5.74, 6) is -0.801. The molecule has 0 unspecified atom stereocenters. The predicted octanol–water partition coefficient (Wildman–Crippen LogP) is 4.03. The third-order valence-electron chi connectivity index (χ3n) is 5.26. The van der Waals surface area contributed by atoms with Crippen molar-refractivity contribution in [3.8, 4) is 5.75 Å². The first-order valence-electron chi connectivity index (χ1n) is 10.2. The lowest BCUT2D eigenvalue weighted by Crippen LogP contribution is -2.35. The number of nitrogens with zero attached hydrogens (tertiary/aromatic N) is 2. The normalized spacial score (nSPS) is 18.1. The number of ether oxygens (including phenoxy) is 1. The number of Topliss-reactive ketones (excluding diaryl/α,β-unsaturated/α-hetero) is 1. The molecule has 2 aromatic carbocycles. The fourth-order valence-corrected chi connectivity index (χ4v) is 3.81. The summed E-state index contributed by atoms with van der Waals surface area (Å²) in [7, 11) is 3.80. The number of hydrogen-bond donors (Lipinski definition) is 1. The number of benzene rings is 2. The van der Waals surface area contributed by atoms with Crippen molar-refractivity contribution in [3.05, 3.63) is 69.8 Å². The number of amides is 1. The average molecular weight is 443 g/mol. The Morgan fingerprint density at radius 3 is 2.42 bits per heavy atom. The smallest absolute Gasteiger partial charge is 0.295 e. The van der Waals surface area contributed by atoms with Gasteiger partial charge in [0.15, 0.2) is 0 Å². The number of rotatable bonds is 7. The van der Waals surface area contributed by atoms with E-state index in [2.05, 4.69) is 0 Å². The number of likely N-dealkylation sites (tertiary alicyclic amines) is 1. The Balaban J connectivity index is 2.12. The monoisotopic (exact) mass is 442 g/mol. The first-order valence-corrected chi connectivity index (χ1v) is 10.5. The van der Waals surface area contributed by atoms with Crippen molar-refractivity contribution in [1.82, 2.24) is 9.80 Å². The van der Waals surface area contributed by atoms with E-state index in [9.17, 15) is 14.7 Å². The molecule has 0 radical (unpaired) electrons. The van der Waals surface area contributed by atoms with Crippen molar-refractivity contribution in [2.75, 3.05) is 33.8 Å². The standard InChI is InChI=1S/C24H27ClN2O4/c1-5-31-19-11-8-17(14-15(19)2)22(28)20-21(16-6-9-18(25)10-7-16)27(13-12-26(3)4)24(30)23(20)29/h6-11,14,21,28H,5,12-13H2,1-4H3/t21-/m1/s1. The van der Waals surface area contributed by atoms with E-state index in [0.29, 0.717) is 41.6 Å². The molecule has 1 aliphatic heterocycles. The first kappa shape index (κ1) is 22.8. The second-order valence-corrected chi connectivity index (χ2v) is 8.20. The highest BCUT2D eigenvalue weighted by molar-refractivity contribution is 6.46. The molecule has 0 aliphatic carbocycles. The maximum absolute atomic E-state index is 13.0. The van der Waals surface area contributed by atoms with Gasteiger partial charge in [0.25, 0.3) is 11.7 Å². The summed E-state index contributed by atoms with van der Waals surface area (Å²) in [6, 6.07) is 11.5. The SMILES string of the molecule is CCOc1ccc(C(O)=C2C(=O)C(=O)N(CCN(C)C)[C@@H]2c2ccc(Cl)cc2)cc1C. The van der Waals surface area contributed by atoms with Crippen LogP contribution in [-0.2, 0) is 9.59 Å². The molecule has 1 aliphatic rings. The van der Waals surface area contributed by atoms with Gasteiger partial charge in [-0.2, -0.15) is 0 Å². The third kappa shape index (κ3) is 4.75. The van der Waals surface area contributed by atoms with Gasteiger partial charge in [-0.25, -0.2) is 0 Å². The summed E-state index contributed by atoms with van der Waals surface area (Å²) in [6.07, 6.45) is 0. The zero-order chi connectivity index (χ0) is 22.7. The number of ketones is 1. The first-order chi connectivity index (χ1) is 14.7. The minimum absolute atomic E-state index is 0.0784. The van der Waals surface area contributed by atoms with Gasteiger partial charge < -0.3 is 19.6 Å². The molecule has 1 heterocycles. The Morgan fingerprint density at radius 2 is 1.84 bits per heavy atom. The van der Waals surface area contributed by atoms with Gasteiger partial charge in [-0.1, -0.05) is 23.7 Å². The molecule has 0 aromatic heterocycles. The van der Waals surface area contributed by atoms with Crippen LogP contribution >= 0.6 is 11.6 Å². The Kier molecular flexibility index (Phi) is 7.03. The zero-order valence-corrected chi connectivity index (χ0v) is 18.9. The van der Waals surface area contributed by atoms with E-state index >= 15 is 0 Å². The summed E-state index contributed by atoms with van der Waals surface area (Å²) >= 11 is 6.04. The van der Waals surface area contributed by atoms with Crippen LogP contribution in [0.2, 0.25) is 5.02 Å². The van der Waals surface area contributed by atoms with Crippen LogP contribution in [0.3, 0.4) is 0 Å². The van der Waals surface area contributed by atoms with Crippen molar-refractivity contribution < 1.29 is 19.4 Å². The van der Waals surface area contributed by atoms with Crippen molar-refractivity contribution in [2.24, 2.45) is 0 Å². The van der Waals surface area contributed by atoms with E-state index in [1.807, 2.05) is 32.8 Å². The minimum Gasteiger partial charge on any atom is -0.507 e. The lowest BCUT2D eigenvalue weighted by atomic mass is 9.95. The van der Waals surface area contributed by atoms with Gasteiger partial charge in [-0.15, -0.1) is 0 Å². The highest BCUT2D eigenvalue weighted by Crippen LogP contribution is 2.40. The van der Waals surface area contributed by atoms with Crippen molar-refractivity contribution in [2.45, 2.75) is 19.9 Å². The largest absolute Gasteiger partial charge is 0.507 e. The van der Waals surface area contributed by atoms with Crippen LogP contribution in [0.4, 0.5) is 0 Å². The number of carbonyl (C=O) groups excluding carboxylic acids is 2. The minimum atomic E-state index is -0.692. The molecule has 31 heavy (non-hydrogen) atoms. The Labute approximate surface area is 187 Å². The van der Waals surface area contributed by atoms with Crippen LogP contribution in [0.25, 0.3) is 5.76 Å². The number of likely N-dealkylation sites (N-methyl/N-ethyl adjacent to an activating group) is 1. The molecule has 0 spiro atoms. The van der Waals surface area contributed by atoms with Gasteiger partial charge in [0.05, 0.1) is 18.2 Å². The fourth-order valence-electron chi connectivity index (χ4n) is 3.68. The number of aryl methyl sites for hydroxylation is 1. The van der Waals surface area contributed by atoms with Gasteiger partial charge >= 0.3 is 0 Å². The van der Waals surface area contributed by atoms with Gasteiger partial charge in [0, 0.05) is 23.7 Å². The summed E-state index contributed by atoms with van der Waals surface area (Å²) in [5.41, 5.74) is 2.09. The lowest BCUT2D eigenvalue weighted by Gasteiger charge is -2.26. The molecular formula is C24H27ClN2O4. The fraction of sp³-hybridized carbons (Fsp3) is 0.333. The van der Waals surface area contributed by atoms with Gasteiger partial charge in [-0.05, 0) is 69.4 Å². The molecule has 1 N–H and O–H groups in total. The van der Waals surface area contributed by atoms with E-state index in [-0.39, 0.29) is 11.3 Å². The number of halogens is 1. The van der Waals surface area contributed by atoms with E-state index in [1.165, 1.54) is 4.90 Å². The molecule has 7 heteroatoms.